The monoisotopic (exact) mass is 468 g/mol. The Bertz CT molecular complexity index is 688. The molecular weight excluding hydrogens is 412 g/mol. The second-order valence-corrected chi connectivity index (χ2v) is 10.0. The lowest BCUT2D eigenvalue weighted by Gasteiger charge is -2.21. The summed E-state index contributed by atoms with van der Waals surface area (Å²) in [5.41, 5.74) is 5.18. The molecule has 0 saturated heterocycles. The molecule has 0 radical (unpaired) electrons. The Morgan fingerprint density at radius 2 is 1.53 bits per heavy atom. The van der Waals surface area contributed by atoms with Gasteiger partial charge >= 0.3 is 0 Å². The van der Waals surface area contributed by atoms with Crippen LogP contribution in [-0.4, -0.2) is 18.8 Å². The molecular formula is C32H56N2. The summed E-state index contributed by atoms with van der Waals surface area (Å²) in [7, 11) is 0. The van der Waals surface area contributed by atoms with Crippen LogP contribution < -0.4 is 5.32 Å². The van der Waals surface area contributed by atoms with Crippen molar-refractivity contribution in [2.75, 3.05) is 6.54 Å². The van der Waals surface area contributed by atoms with Crippen molar-refractivity contribution < 1.29 is 0 Å². The van der Waals surface area contributed by atoms with E-state index in [1.54, 1.807) is 0 Å². The Morgan fingerprint density at radius 3 is 2.03 bits per heavy atom. The fourth-order valence-corrected chi connectivity index (χ4v) is 3.81. The molecule has 0 bridgehead atoms. The maximum Gasteiger partial charge on any atom is 0.0796 e. The molecule has 1 heterocycles. The number of nitrogens with one attached hydrogen (secondary N) is 1. The van der Waals surface area contributed by atoms with E-state index in [0.717, 1.165) is 30.5 Å². The molecule has 3 atom stereocenters. The number of allylic oxidation sites excluding steroid dienone is 1. The maximum atomic E-state index is 4.46. The summed E-state index contributed by atoms with van der Waals surface area (Å²) in [4.78, 5) is 4.46. The summed E-state index contributed by atoms with van der Waals surface area (Å²) >= 11 is 0. The summed E-state index contributed by atoms with van der Waals surface area (Å²) < 4.78 is 0. The minimum atomic E-state index is 0.178. The molecule has 0 amide bonds. The van der Waals surface area contributed by atoms with Gasteiger partial charge in [0.15, 0.2) is 0 Å². The number of hydrogen-bond acceptors (Lipinski definition) is 2. The third-order valence-corrected chi connectivity index (χ3v) is 6.50. The minimum Gasteiger partial charge on any atom is -0.377 e. The van der Waals surface area contributed by atoms with Gasteiger partial charge in [-0.3, -0.25) is 4.99 Å². The van der Waals surface area contributed by atoms with Crippen molar-refractivity contribution in [1.29, 1.82) is 0 Å². The first-order chi connectivity index (χ1) is 16.3. The predicted octanol–water partition coefficient (Wildman–Crippen LogP) is 9.21. The van der Waals surface area contributed by atoms with Gasteiger partial charge in [-0.15, -0.1) is 0 Å². The van der Waals surface area contributed by atoms with Crippen LogP contribution >= 0.6 is 0 Å². The molecule has 0 spiro atoms. The number of unbranched alkanes of at least 4 members (excludes halogenated alkanes) is 1. The number of nitrogens with zero attached hydrogens (tertiary/aromatic N) is 1. The van der Waals surface area contributed by atoms with E-state index in [-0.39, 0.29) is 6.04 Å². The van der Waals surface area contributed by atoms with Crippen molar-refractivity contribution >= 4 is 6.21 Å². The van der Waals surface area contributed by atoms with Crippen molar-refractivity contribution in [1.82, 2.24) is 5.32 Å². The van der Waals surface area contributed by atoms with Crippen LogP contribution in [0.2, 0.25) is 0 Å². The Morgan fingerprint density at radius 1 is 0.971 bits per heavy atom. The molecule has 0 aromatic heterocycles. The average molecular weight is 469 g/mol. The zero-order valence-corrected chi connectivity index (χ0v) is 24.1. The summed E-state index contributed by atoms with van der Waals surface area (Å²) in [6.45, 7) is 24.9. The van der Waals surface area contributed by atoms with Gasteiger partial charge in [0.1, 0.15) is 0 Å². The number of hydrogen-bond donors (Lipinski definition) is 1. The predicted molar refractivity (Wildman–Crippen MR) is 156 cm³/mol. The van der Waals surface area contributed by atoms with Crippen LogP contribution in [0, 0.1) is 17.8 Å². The summed E-state index contributed by atoms with van der Waals surface area (Å²) in [6, 6.07) is 9.12. The van der Waals surface area contributed by atoms with Gasteiger partial charge in [0.2, 0.25) is 0 Å². The first kappa shape index (κ1) is 32.2. The fraction of sp³-hybridized carbons (Fsp3) is 0.656. The second kappa shape index (κ2) is 19.5. The Balaban J connectivity index is 0.000000836. The molecule has 194 valence electrons. The van der Waals surface area contributed by atoms with Gasteiger partial charge in [0.25, 0.3) is 0 Å². The van der Waals surface area contributed by atoms with Crippen molar-refractivity contribution in [2.24, 2.45) is 22.7 Å². The third-order valence-electron chi connectivity index (χ3n) is 6.50. The summed E-state index contributed by atoms with van der Waals surface area (Å²) in [5, 5.41) is 3.48. The molecule has 2 nitrogen and oxygen atoms in total. The molecule has 1 aliphatic rings. The number of benzene rings is 1. The van der Waals surface area contributed by atoms with Crippen LogP contribution in [0.4, 0.5) is 0 Å². The van der Waals surface area contributed by atoms with Crippen molar-refractivity contribution in [3.63, 3.8) is 0 Å². The molecule has 0 saturated carbocycles. The largest absolute Gasteiger partial charge is 0.377 e. The molecule has 1 N–H and O–H groups in total. The van der Waals surface area contributed by atoms with E-state index < -0.39 is 0 Å². The lowest BCUT2D eigenvalue weighted by Crippen LogP contribution is -2.31. The lowest BCUT2D eigenvalue weighted by atomic mass is 9.94. The highest BCUT2D eigenvalue weighted by molar-refractivity contribution is 5.69. The molecule has 0 aliphatic carbocycles. The van der Waals surface area contributed by atoms with E-state index in [9.17, 15) is 0 Å². The highest BCUT2D eigenvalue weighted by Crippen LogP contribution is 2.17. The van der Waals surface area contributed by atoms with Crippen LogP contribution in [-0.2, 0) is 12.8 Å². The van der Waals surface area contributed by atoms with E-state index in [1.165, 1.54) is 55.2 Å². The van der Waals surface area contributed by atoms with Crippen LogP contribution in [0.5, 0.6) is 0 Å². The lowest BCUT2D eigenvalue weighted by molar-refractivity contribution is 0.397. The highest BCUT2D eigenvalue weighted by atomic mass is 14.9. The smallest absolute Gasteiger partial charge is 0.0796 e. The molecule has 3 unspecified atom stereocenters. The SMILES string of the molecule is C=C(Cc1ccc(CCCC)cc1)NC1C=NCC(C(C)C)=C1.CC.CCC(C)CC(C)CC. The van der Waals surface area contributed by atoms with Crippen molar-refractivity contribution in [2.45, 2.75) is 113 Å². The first-order valence-corrected chi connectivity index (χ1v) is 14.0. The van der Waals surface area contributed by atoms with Gasteiger partial charge in [0.05, 0.1) is 12.6 Å². The average Bonchev–Trinajstić information content (AvgIpc) is 2.85. The normalized spacial score (nSPS) is 16.4. The van der Waals surface area contributed by atoms with E-state index in [1.807, 2.05) is 20.1 Å². The molecule has 34 heavy (non-hydrogen) atoms. The fourth-order valence-electron chi connectivity index (χ4n) is 3.81. The summed E-state index contributed by atoms with van der Waals surface area (Å²) in [6.07, 6.45) is 12.9. The standard InChI is InChI=1S/C21H30N2.C9H20.C2H6/c1-5-6-7-18-8-10-19(11-9-18)12-17(4)23-21-13-20(16(2)3)14-22-15-21;1-5-8(3)7-9(4)6-2;1-2/h8-11,13,15-16,21,23H,4-7,12,14H2,1-3H3;8-9H,5-7H2,1-4H3;1-2H3. The summed E-state index contributed by atoms with van der Waals surface area (Å²) in [5.74, 6) is 2.42. The zero-order chi connectivity index (χ0) is 25.9. The highest BCUT2D eigenvalue weighted by Gasteiger charge is 2.12. The van der Waals surface area contributed by atoms with Crippen LogP contribution in [0.15, 0.2) is 53.2 Å². The van der Waals surface area contributed by atoms with E-state index in [2.05, 4.69) is 95.7 Å². The van der Waals surface area contributed by atoms with Crippen LogP contribution in [0.3, 0.4) is 0 Å². The zero-order valence-electron chi connectivity index (χ0n) is 24.1. The van der Waals surface area contributed by atoms with Gasteiger partial charge in [-0.2, -0.15) is 0 Å². The Labute approximate surface area is 213 Å². The second-order valence-electron chi connectivity index (χ2n) is 10.0. The van der Waals surface area contributed by atoms with Crippen LogP contribution in [0.1, 0.15) is 106 Å². The maximum absolute atomic E-state index is 4.46. The number of aryl methyl sites for hydroxylation is 1. The minimum absolute atomic E-state index is 0.178. The topological polar surface area (TPSA) is 24.4 Å². The van der Waals surface area contributed by atoms with Gasteiger partial charge in [-0.1, -0.05) is 118 Å². The van der Waals surface area contributed by atoms with Gasteiger partial charge < -0.3 is 5.32 Å². The molecule has 2 heteroatoms. The first-order valence-electron chi connectivity index (χ1n) is 14.0. The molecule has 1 aromatic carbocycles. The number of rotatable bonds is 12. The molecule has 1 aromatic rings. The Hall–Kier alpha value is -1.83. The third kappa shape index (κ3) is 14.4. The number of dihydropyridines is 1. The van der Waals surface area contributed by atoms with Crippen molar-refractivity contribution in [3.8, 4) is 0 Å². The van der Waals surface area contributed by atoms with E-state index in [4.69, 9.17) is 0 Å². The van der Waals surface area contributed by atoms with E-state index >= 15 is 0 Å². The molecule has 2 rings (SSSR count). The molecule has 1 aliphatic heterocycles. The van der Waals surface area contributed by atoms with Crippen molar-refractivity contribution in [3.05, 3.63) is 59.3 Å². The quantitative estimate of drug-likeness (QED) is 0.304. The van der Waals surface area contributed by atoms with Crippen LogP contribution in [0.25, 0.3) is 0 Å². The van der Waals surface area contributed by atoms with E-state index in [0.29, 0.717) is 5.92 Å². The van der Waals surface area contributed by atoms with Gasteiger partial charge in [0, 0.05) is 18.3 Å². The number of aliphatic imine (C=N–C) groups is 1. The Kier molecular flexibility index (Phi) is 18.4. The molecule has 0 fully saturated rings. The van der Waals surface area contributed by atoms with Gasteiger partial charge in [-0.05, 0) is 53.7 Å². The van der Waals surface area contributed by atoms with Gasteiger partial charge in [-0.25, -0.2) is 0 Å².